The summed E-state index contributed by atoms with van der Waals surface area (Å²) >= 11 is 6.24. The van der Waals surface area contributed by atoms with E-state index in [1.807, 2.05) is 64.1 Å². The number of amides is 2. The molecule has 0 unspecified atom stereocenters. The minimum Gasteiger partial charge on any atom is -0.484 e. The Morgan fingerprint density at radius 1 is 1.06 bits per heavy atom. The fourth-order valence-electron chi connectivity index (χ4n) is 3.61. The van der Waals surface area contributed by atoms with Gasteiger partial charge in [-0.3, -0.25) is 9.59 Å². The molecule has 32 heavy (non-hydrogen) atoms. The summed E-state index contributed by atoms with van der Waals surface area (Å²) < 4.78 is 5.82. The van der Waals surface area contributed by atoms with Crippen molar-refractivity contribution in [2.75, 3.05) is 13.2 Å². The molecular formula is C26H35ClN2O3. The van der Waals surface area contributed by atoms with Crippen LogP contribution in [0.15, 0.2) is 36.4 Å². The van der Waals surface area contributed by atoms with Gasteiger partial charge >= 0.3 is 0 Å². The van der Waals surface area contributed by atoms with Gasteiger partial charge in [0.1, 0.15) is 11.8 Å². The van der Waals surface area contributed by atoms with E-state index in [9.17, 15) is 9.59 Å². The van der Waals surface area contributed by atoms with E-state index in [0.29, 0.717) is 30.3 Å². The van der Waals surface area contributed by atoms with Crippen molar-refractivity contribution in [1.29, 1.82) is 0 Å². The molecular weight excluding hydrogens is 424 g/mol. The van der Waals surface area contributed by atoms with Crippen molar-refractivity contribution in [3.8, 4) is 5.75 Å². The van der Waals surface area contributed by atoms with Crippen LogP contribution in [0.5, 0.6) is 5.75 Å². The quantitative estimate of drug-likeness (QED) is 0.460. The first-order valence-electron chi connectivity index (χ1n) is 11.3. The second kappa shape index (κ2) is 12.5. The Labute approximate surface area is 197 Å². The molecule has 0 radical (unpaired) electrons. The normalized spacial score (nSPS) is 11.7. The van der Waals surface area contributed by atoms with E-state index in [1.54, 1.807) is 4.90 Å². The molecule has 0 fully saturated rings. The Bertz CT molecular complexity index is 906. The van der Waals surface area contributed by atoms with Crippen LogP contribution in [0.4, 0.5) is 0 Å². The van der Waals surface area contributed by atoms with E-state index in [4.69, 9.17) is 16.3 Å². The molecule has 0 aliphatic carbocycles. The average molecular weight is 459 g/mol. The Morgan fingerprint density at radius 3 is 2.31 bits per heavy atom. The Balaban J connectivity index is 2.22. The molecule has 174 valence electrons. The molecule has 5 nitrogen and oxygen atoms in total. The fourth-order valence-corrected chi connectivity index (χ4v) is 3.72. The van der Waals surface area contributed by atoms with Crippen LogP contribution in [0.1, 0.15) is 55.4 Å². The standard InChI is InChI=1S/C26H35ClN2O3/c1-6-8-13-28-26(31)23(7-2)29(16-21-12-10-9-11-18(21)3)24(30)17-32-22-14-19(4)25(27)20(5)15-22/h9-12,14-15,23H,6-8,13,16-17H2,1-5H3,(H,28,31)/t23-/m0/s1. The van der Waals surface area contributed by atoms with Gasteiger partial charge < -0.3 is 15.0 Å². The van der Waals surface area contributed by atoms with Gasteiger partial charge in [-0.2, -0.15) is 0 Å². The van der Waals surface area contributed by atoms with Crippen LogP contribution in [-0.2, 0) is 16.1 Å². The zero-order valence-corrected chi connectivity index (χ0v) is 20.6. The zero-order valence-electron chi connectivity index (χ0n) is 19.8. The van der Waals surface area contributed by atoms with Gasteiger partial charge in [-0.1, -0.05) is 56.1 Å². The molecule has 0 aromatic heterocycles. The van der Waals surface area contributed by atoms with Gasteiger partial charge in [-0.05, 0) is 68.0 Å². The maximum Gasteiger partial charge on any atom is 0.261 e. The third kappa shape index (κ3) is 6.99. The highest BCUT2D eigenvalue weighted by molar-refractivity contribution is 6.32. The number of carbonyl (C=O) groups excluding carboxylic acids is 2. The van der Waals surface area contributed by atoms with Gasteiger partial charge in [0.05, 0.1) is 0 Å². The van der Waals surface area contributed by atoms with Crippen LogP contribution in [0, 0.1) is 20.8 Å². The summed E-state index contributed by atoms with van der Waals surface area (Å²) in [6, 6.07) is 11.0. The Hall–Kier alpha value is -2.53. The number of halogens is 1. The molecule has 2 rings (SSSR count). The summed E-state index contributed by atoms with van der Waals surface area (Å²) in [7, 11) is 0. The van der Waals surface area contributed by atoms with Crippen molar-refractivity contribution in [3.05, 3.63) is 63.7 Å². The first-order chi connectivity index (χ1) is 15.3. The van der Waals surface area contributed by atoms with Crippen molar-refractivity contribution in [3.63, 3.8) is 0 Å². The predicted octanol–water partition coefficient (Wildman–Crippen LogP) is 5.37. The number of hydrogen-bond donors (Lipinski definition) is 1. The number of hydrogen-bond acceptors (Lipinski definition) is 3. The number of rotatable bonds is 11. The predicted molar refractivity (Wildman–Crippen MR) is 130 cm³/mol. The number of carbonyl (C=O) groups is 2. The van der Waals surface area contributed by atoms with Gasteiger partial charge in [0, 0.05) is 18.1 Å². The summed E-state index contributed by atoms with van der Waals surface area (Å²) in [6.45, 7) is 10.6. The molecule has 2 amide bonds. The maximum atomic E-state index is 13.3. The number of unbranched alkanes of at least 4 members (excludes halogenated alkanes) is 1. The van der Waals surface area contributed by atoms with Gasteiger partial charge in [-0.15, -0.1) is 0 Å². The fraction of sp³-hybridized carbons (Fsp3) is 0.462. The third-order valence-electron chi connectivity index (χ3n) is 5.59. The smallest absolute Gasteiger partial charge is 0.261 e. The van der Waals surface area contributed by atoms with Crippen LogP contribution >= 0.6 is 11.6 Å². The van der Waals surface area contributed by atoms with E-state index in [-0.39, 0.29) is 18.4 Å². The number of benzene rings is 2. The van der Waals surface area contributed by atoms with Crippen molar-refractivity contribution < 1.29 is 14.3 Å². The molecule has 0 saturated carbocycles. The van der Waals surface area contributed by atoms with Gasteiger partial charge in [0.25, 0.3) is 5.91 Å². The summed E-state index contributed by atoms with van der Waals surface area (Å²) in [5.74, 6) is 0.242. The second-order valence-corrected chi connectivity index (χ2v) is 8.55. The van der Waals surface area contributed by atoms with Crippen LogP contribution in [0.3, 0.4) is 0 Å². The van der Waals surface area contributed by atoms with Crippen LogP contribution < -0.4 is 10.1 Å². The second-order valence-electron chi connectivity index (χ2n) is 8.18. The van der Waals surface area contributed by atoms with Crippen molar-refractivity contribution in [1.82, 2.24) is 10.2 Å². The third-order valence-corrected chi connectivity index (χ3v) is 6.19. The van der Waals surface area contributed by atoms with Crippen molar-refractivity contribution >= 4 is 23.4 Å². The number of ether oxygens (including phenoxy) is 1. The van der Waals surface area contributed by atoms with Gasteiger partial charge in [0.15, 0.2) is 6.61 Å². The molecule has 0 spiro atoms. The molecule has 6 heteroatoms. The zero-order chi connectivity index (χ0) is 23.7. The lowest BCUT2D eigenvalue weighted by Crippen LogP contribution is -2.50. The monoisotopic (exact) mass is 458 g/mol. The summed E-state index contributed by atoms with van der Waals surface area (Å²) in [5, 5.41) is 3.67. The largest absolute Gasteiger partial charge is 0.484 e. The van der Waals surface area contributed by atoms with Gasteiger partial charge in [-0.25, -0.2) is 0 Å². The molecule has 0 heterocycles. The van der Waals surface area contributed by atoms with E-state index in [2.05, 4.69) is 12.2 Å². The highest BCUT2D eigenvalue weighted by Crippen LogP contribution is 2.26. The number of nitrogens with zero attached hydrogens (tertiary/aromatic N) is 1. The minimum absolute atomic E-state index is 0.124. The van der Waals surface area contributed by atoms with Crippen molar-refractivity contribution in [2.45, 2.75) is 66.5 Å². The lowest BCUT2D eigenvalue weighted by molar-refractivity contribution is -0.143. The molecule has 0 aliphatic heterocycles. The summed E-state index contributed by atoms with van der Waals surface area (Å²) in [6.07, 6.45) is 2.43. The summed E-state index contributed by atoms with van der Waals surface area (Å²) in [4.78, 5) is 27.8. The maximum absolute atomic E-state index is 13.3. The van der Waals surface area contributed by atoms with Crippen LogP contribution in [0.25, 0.3) is 0 Å². The molecule has 2 aromatic carbocycles. The van der Waals surface area contributed by atoms with E-state index in [1.165, 1.54) is 0 Å². The summed E-state index contributed by atoms with van der Waals surface area (Å²) in [5.41, 5.74) is 3.88. The highest BCUT2D eigenvalue weighted by atomic mass is 35.5. The highest BCUT2D eigenvalue weighted by Gasteiger charge is 2.29. The number of aryl methyl sites for hydroxylation is 3. The molecule has 1 N–H and O–H groups in total. The molecule has 2 aromatic rings. The van der Waals surface area contributed by atoms with Crippen molar-refractivity contribution in [2.24, 2.45) is 0 Å². The minimum atomic E-state index is -0.559. The molecule has 0 aliphatic rings. The first-order valence-corrected chi connectivity index (χ1v) is 11.7. The van der Waals surface area contributed by atoms with E-state index in [0.717, 1.165) is 35.1 Å². The SMILES string of the molecule is CCCCNC(=O)[C@H](CC)N(Cc1ccccc1C)C(=O)COc1cc(C)c(Cl)c(C)c1. The lowest BCUT2D eigenvalue weighted by Gasteiger charge is -2.31. The van der Waals surface area contributed by atoms with Gasteiger partial charge in [0.2, 0.25) is 5.91 Å². The molecule has 0 saturated heterocycles. The average Bonchev–Trinajstić information content (AvgIpc) is 2.77. The lowest BCUT2D eigenvalue weighted by atomic mass is 10.1. The van der Waals surface area contributed by atoms with E-state index < -0.39 is 6.04 Å². The molecule has 1 atom stereocenters. The number of nitrogens with one attached hydrogen (secondary N) is 1. The Kier molecular flexibility index (Phi) is 10.0. The van der Waals surface area contributed by atoms with Crippen LogP contribution in [0.2, 0.25) is 5.02 Å². The molecule has 0 bridgehead atoms. The topological polar surface area (TPSA) is 58.6 Å². The Morgan fingerprint density at radius 2 is 1.72 bits per heavy atom. The first kappa shape index (κ1) is 25.7. The van der Waals surface area contributed by atoms with Crippen LogP contribution in [-0.4, -0.2) is 35.9 Å². The van der Waals surface area contributed by atoms with E-state index >= 15 is 0 Å².